The maximum absolute atomic E-state index is 12.1. The minimum absolute atomic E-state index is 0.134. The summed E-state index contributed by atoms with van der Waals surface area (Å²) in [4.78, 5) is 21.0. The number of aryl methyl sites for hydroxylation is 2. The molecule has 5 nitrogen and oxygen atoms in total. The van der Waals surface area contributed by atoms with E-state index in [4.69, 9.17) is 4.74 Å². The average Bonchev–Trinajstić information content (AvgIpc) is 2.62. The van der Waals surface area contributed by atoms with Crippen LogP contribution in [0.1, 0.15) is 11.3 Å². The summed E-state index contributed by atoms with van der Waals surface area (Å²) < 4.78 is 6.38. The Morgan fingerprint density at radius 1 is 1.08 bits per heavy atom. The number of rotatable bonds is 5. The molecule has 0 radical (unpaired) electrons. The van der Waals surface area contributed by atoms with E-state index in [2.05, 4.69) is 31.2 Å². The van der Waals surface area contributed by atoms with Crippen LogP contribution in [0.2, 0.25) is 0 Å². The van der Waals surface area contributed by atoms with Crippen molar-refractivity contribution in [2.45, 2.75) is 13.8 Å². The van der Waals surface area contributed by atoms with Crippen LogP contribution in [-0.4, -0.2) is 22.5 Å². The van der Waals surface area contributed by atoms with Gasteiger partial charge in [0.05, 0.1) is 5.69 Å². The molecule has 2 aromatic carbocycles. The van der Waals surface area contributed by atoms with Gasteiger partial charge in [-0.3, -0.25) is 4.79 Å². The van der Waals surface area contributed by atoms with E-state index < -0.39 is 0 Å². The van der Waals surface area contributed by atoms with Gasteiger partial charge in [-0.25, -0.2) is 4.98 Å². The molecule has 1 aromatic heterocycles. The summed E-state index contributed by atoms with van der Waals surface area (Å²) in [6.45, 7) is 3.76. The van der Waals surface area contributed by atoms with Crippen LogP contribution >= 0.6 is 15.9 Å². The van der Waals surface area contributed by atoms with Gasteiger partial charge >= 0.3 is 0 Å². The van der Waals surface area contributed by atoms with Crippen molar-refractivity contribution in [2.24, 2.45) is 0 Å². The number of benzene rings is 2. The second kappa shape index (κ2) is 8.10. The summed E-state index contributed by atoms with van der Waals surface area (Å²) in [5.41, 5.74) is 3.54. The van der Waals surface area contributed by atoms with Crippen LogP contribution in [-0.2, 0) is 4.79 Å². The smallest absolute Gasteiger partial charge is 0.262 e. The Balaban J connectivity index is 1.69. The number of aromatic nitrogens is 2. The third kappa shape index (κ3) is 4.67. The van der Waals surface area contributed by atoms with E-state index in [0.29, 0.717) is 17.4 Å². The summed E-state index contributed by atoms with van der Waals surface area (Å²) in [5, 5.41) is 2.79. The average molecular weight is 412 g/mol. The van der Waals surface area contributed by atoms with Gasteiger partial charge in [0.15, 0.2) is 12.4 Å². The van der Waals surface area contributed by atoms with E-state index in [0.717, 1.165) is 15.7 Å². The van der Waals surface area contributed by atoms with Gasteiger partial charge in [-0.15, -0.1) is 0 Å². The van der Waals surface area contributed by atoms with Crippen molar-refractivity contribution in [1.29, 1.82) is 0 Å². The van der Waals surface area contributed by atoms with E-state index in [9.17, 15) is 4.79 Å². The van der Waals surface area contributed by atoms with Crippen LogP contribution in [0.3, 0.4) is 0 Å². The van der Waals surface area contributed by atoms with Crippen LogP contribution in [0, 0.1) is 13.8 Å². The number of anilines is 1. The number of carbonyl (C=O) groups excluding carboxylic acids is 1. The number of hydrogen-bond acceptors (Lipinski definition) is 4. The molecule has 0 fully saturated rings. The van der Waals surface area contributed by atoms with Crippen molar-refractivity contribution < 1.29 is 9.53 Å². The fraction of sp³-hybridized carbons (Fsp3) is 0.150. The number of carbonyl (C=O) groups is 1. The Kier molecular flexibility index (Phi) is 5.63. The van der Waals surface area contributed by atoms with Gasteiger partial charge in [0.1, 0.15) is 0 Å². The number of nitrogens with one attached hydrogen (secondary N) is 1. The predicted octanol–water partition coefficient (Wildman–Crippen LogP) is 4.54. The van der Waals surface area contributed by atoms with Crippen LogP contribution < -0.4 is 10.1 Å². The molecule has 1 heterocycles. The molecule has 3 rings (SSSR count). The van der Waals surface area contributed by atoms with Gasteiger partial charge in [0.25, 0.3) is 5.91 Å². The lowest BCUT2D eigenvalue weighted by Gasteiger charge is -2.10. The van der Waals surface area contributed by atoms with E-state index in [-0.39, 0.29) is 12.5 Å². The number of para-hydroxylation sites is 1. The van der Waals surface area contributed by atoms with Gasteiger partial charge in [-0.2, -0.15) is 4.98 Å². The highest BCUT2D eigenvalue weighted by atomic mass is 79.9. The Labute approximate surface area is 160 Å². The molecule has 1 amide bonds. The van der Waals surface area contributed by atoms with Crippen LogP contribution in [0.4, 0.5) is 5.69 Å². The third-order valence-corrected chi connectivity index (χ3v) is 4.33. The fourth-order valence-corrected chi connectivity index (χ4v) is 2.72. The number of nitrogens with zero attached hydrogens (tertiary/aromatic N) is 2. The molecule has 0 bridgehead atoms. The molecule has 1 N–H and O–H groups in total. The first kappa shape index (κ1) is 18.1. The van der Waals surface area contributed by atoms with E-state index >= 15 is 0 Å². The van der Waals surface area contributed by atoms with E-state index in [1.54, 1.807) is 6.07 Å². The molecular weight excluding hydrogens is 394 g/mol. The monoisotopic (exact) mass is 411 g/mol. The first-order chi connectivity index (χ1) is 12.5. The van der Waals surface area contributed by atoms with Crippen molar-refractivity contribution in [3.05, 3.63) is 70.3 Å². The number of amides is 1. The van der Waals surface area contributed by atoms with Crippen LogP contribution in [0.15, 0.2) is 59.1 Å². The second-order valence-electron chi connectivity index (χ2n) is 5.85. The molecule has 132 valence electrons. The van der Waals surface area contributed by atoms with Crippen molar-refractivity contribution in [3.63, 3.8) is 0 Å². The van der Waals surface area contributed by atoms with Gasteiger partial charge in [0.2, 0.25) is 5.88 Å². The standard InChI is InChI=1S/C20H18BrN3O2/c1-13-7-9-15(10-8-13)20-22-14(2)11-19(24-20)26-12-18(25)23-17-6-4-3-5-16(17)21/h3-11H,12H2,1-2H3,(H,23,25). The first-order valence-corrected chi connectivity index (χ1v) is 8.90. The summed E-state index contributed by atoms with van der Waals surface area (Å²) in [6.07, 6.45) is 0. The lowest BCUT2D eigenvalue weighted by Crippen LogP contribution is -2.20. The molecule has 0 spiro atoms. The van der Waals surface area contributed by atoms with Crippen LogP contribution in [0.25, 0.3) is 11.4 Å². The number of ether oxygens (including phenoxy) is 1. The summed E-state index contributed by atoms with van der Waals surface area (Å²) in [6, 6.07) is 17.1. The summed E-state index contributed by atoms with van der Waals surface area (Å²) in [5.74, 6) is 0.687. The zero-order valence-corrected chi connectivity index (χ0v) is 16.1. The molecule has 0 aliphatic carbocycles. The molecule has 3 aromatic rings. The zero-order chi connectivity index (χ0) is 18.5. The van der Waals surface area contributed by atoms with Crippen LogP contribution in [0.5, 0.6) is 5.88 Å². The Morgan fingerprint density at radius 2 is 1.81 bits per heavy atom. The van der Waals surface area contributed by atoms with Gasteiger partial charge in [-0.05, 0) is 41.9 Å². The maximum Gasteiger partial charge on any atom is 0.262 e. The van der Waals surface area contributed by atoms with Crippen molar-refractivity contribution >= 4 is 27.5 Å². The highest BCUT2D eigenvalue weighted by molar-refractivity contribution is 9.10. The minimum atomic E-state index is -0.259. The minimum Gasteiger partial charge on any atom is -0.467 e. The van der Waals surface area contributed by atoms with Gasteiger partial charge < -0.3 is 10.1 Å². The van der Waals surface area contributed by atoms with Crippen molar-refractivity contribution in [3.8, 4) is 17.3 Å². The molecule has 0 saturated carbocycles. The Hall–Kier alpha value is -2.73. The van der Waals surface area contributed by atoms with Crippen molar-refractivity contribution in [1.82, 2.24) is 9.97 Å². The quantitative estimate of drug-likeness (QED) is 0.669. The Morgan fingerprint density at radius 3 is 2.54 bits per heavy atom. The summed E-state index contributed by atoms with van der Waals surface area (Å²) in [7, 11) is 0. The molecule has 26 heavy (non-hydrogen) atoms. The highest BCUT2D eigenvalue weighted by Crippen LogP contribution is 2.22. The largest absolute Gasteiger partial charge is 0.467 e. The van der Waals surface area contributed by atoms with Gasteiger partial charge in [-0.1, -0.05) is 42.0 Å². The van der Waals surface area contributed by atoms with E-state index in [1.807, 2.05) is 62.4 Å². The predicted molar refractivity (Wildman–Crippen MR) is 105 cm³/mol. The molecule has 0 unspecified atom stereocenters. The lowest BCUT2D eigenvalue weighted by molar-refractivity contribution is -0.118. The molecule has 6 heteroatoms. The summed E-state index contributed by atoms with van der Waals surface area (Å²) >= 11 is 3.39. The Bertz CT molecular complexity index is 927. The fourth-order valence-electron chi connectivity index (χ4n) is 2.33. The van der Waals surface area contributed by atoms with Crippen molar-refractivity contribution in [2.75, 3.05) is 11.9 Å². The maximum atomic E-state index is 12.1. The SMILES string of the molecule is Cc1ccc(-c2nc(C)cc(OCC(=O)Nc3ccccc3Br)n2)cc1. The normalized spacial score (nSPS) is 10.4. The lowest BCUT2D eigenvalue weighted by atomic mass is 10.1. The van der Waals surface area contributed by atoms with Gasteiger partial charge in [0, 0.05) is 21.8 Å². The number of hydrogen-bond donors (Lipinski definition) is 1. The molecule has 0 aliphatic rings. The molecule has 0 saturated heterocycles. The first-order valence-electron chi connectivity index (χ1n) is 8.11. The molecule has 0 atom stereocenters. The number of halogens is 1. The second-order valence-corrected chi connectivity index (χ2v) is 6.71. The molecular formula is C20H18BrN3O2. The highest BCUT2D eigenvalue weighted by Gasteiger charge is 2.09. The topological polar surface area (TPSA) is 64.1 Å². The zero-order valence-electron chi connectivity index (χ0n) is 14.5. The third-order valence-electron chi connectivity index (χ3n) is 3.64. The van der Waals surface area contributed by atoms with E-state index in [1.165, 1.54) is 5.56 Å². The molecule has 0 aliphatic heterocycles.